The Hall–Kier alpha value is -2.60. The predicted octanol–water partition coefficient (Wildman–Crippen LogP) is 3.59. The molecule has 0 saturated heterocycles. The maximum atomic E-state index is 13.1. The highest BCUT2D eigenvalue weighted by molar-refractivity contribution is 7.99. The van der Waals surface area contributed by atoms with Gasteiger partial charge in [0, 0.05) is 5.75 Å². The van der Waals surface area contributed by atoms with E-state index in [1.54, 1.807) is 16.3 Å². The van der Waals surface area contributed by atoms with Gasteiger partial charge in [-0.1, -0.05) is 54.2 Å². The molecule has 6 heteroatoms. The Balaban J connectivity index is 1.72. The highest BCUT2D eigenvalue weighted by Crippen LogP contribution is 2.35. The maximum Gasteiger partial charge on any atom is 0.263 e. The summed E-state index contributed by atoms with van der Waals surface area (Å²) < 4.78 is 3.76. The van der Waals surface area contributed by atoms with Crippen LogP contribution >= 0.6 is 11.8 Å². The first-order valence-corrected chi connectivity index (χ1v) is 9.83. The van der Waals surface area contributed by atoms with Gasteiger partial charge in [0.25, 0.3) is 5.56 Å². The van der Waals surface area contributed by atoms with Crippen LogP contribution in [0.4, 0.5) is 0 Å². The van der Waals surface area contributed by atoms with E-state index in [1.165, 1.54) is 12.8 Å². The highest BCUT2D eigenvalue weighted by Gasteiger charge is 2.23. The summed E-state index contributed by atoms with van der Waals surface area (Å²) in [6, 6.07) is 17.7. The molecule has 0 amide bonds. The van der Waals surface area contributed by atoms with Crippen LogP contribution in [0.5, 0.6) is 0 Å². The second-order valence-electron chi connectivity index (χ2n) is 6.77. The number of thioether (sulfide) groups is 1. The minimum Gasteiger partial charge on any atom is -0.272 e. The molecule has 5 nitrogen and oxygen atoms in total. The lowest BCUT2D eigenvalue weighted by Gasteiger charge is -2.11. The highest BCUT2D eigenvalue weighted by atomic mass is 32.2. The number of hydrogen-bond acceptors (Lipinski definition) is 4. The van der Waals surface area contributed by atoms with Gasteiger partial charge in [0.1, 0.15) is 0 Å². The van der Waals surface area contributed by atoms with Crippen molar-refractivity contribution in [2.45, 2.75) is 24.5 Å². The molecule has 2 aromatic carbocycles. The minimum absolute atomic E-state index is 0.0249. The van der Waals surface area contributed by atoms with Crippen molar-refractivity contribution in [1.29, 1.82) is 0 Å². The summed E-state index contributed by atoms with van der Waals surface area (Å²) in [4.78, 5) is 13.1. The topological polar surface area (TPSA) is 52.2 Å². The second-order valence-corrected chi connectivity index (χ2v) is 7.75. The van der Waals surface area contributed by atoms with Crippen molar-refractivity contribution in [2.24, 2.45) is 5.92 Å². The van der Waals surface area contributed by atoms with Gasteiger partial charge in [0.15, 0.2) is 5.16 Å². The Kier molecular flexibility index (Phi) is 3.78. The van der Waals surface area contributed by atoms with Crippen LogP contribution in [0.1, 0.15) is 18.4 Å². The number of nitrogens with zero attached hydrogens (tertiary/aromatic N) is 4. The molecule has 130 valence electrons. The van der Waals surface area contributed by atoms with Crippen LogP contribution in [-0.4, -0.2) is 24.9 Å². The quantitative estimate of drug-likeness (QED) is 0.509. The van der Waals surface area contributed by atoms with Gasteiger partial charge < -0.3 is 0 Å². The minimum atomic E-state index is -0.0249. The van der Waals surface area contributed by atoms with Crippen molar-refractivity contribution >= 4 is 28.4 Å². The van der Waals surface area contributed by atoms with Crippen molar-refractivity contribution in [1.82, 2.24) is 19.2 Å². The van der Waals surface area contributed by atoms with Gasteiger partial charge >= 0.3 is 0 Å². The smallest absolute Gasteiger partial charge is 0.263 e. The number of benzene rings is 2. The molecule has 5 rings (SSSR count). The molecular weight excluding hydrogens is 344 g/mol. The summed E-state index contributed by atoms with van der Waals surface area (Å²) in [6.07, 6.45) is 2.62. The Bertz CT molecular complexity index is 1150. The molecule has 0 N–H and O–H groups in total. The fourth-order valence-electron chi connectivity index (χ4n) is 3.21. The lowest BCUT2D eigenvalue weighted by atomic mass is 10.2. The van der Waals surface area contributed by atoms with Gasteiger partial charge in [0.2, 0.25) is 5.78 Å². The lowest BCUT2D eigenvalue weighted by molar-refractivity contribution is 0.764. The average Bonchev–Trinajstić information content (AvgIpc) is 3.42. The Morgan fingerprint density at radius 2 is 1.77 bits per heavy atom. The zero-order valence-corrected chi connectivity index (χ0v) is 15.0. The summed E-state index contributed by atoms with van der Waals surface area (Å²) in [5.74, 6) is 2.47. The van der Waals surface area contributed by atoms with E-state index < -0.39 is 0 Å². The van der Waals surface area contributed by atoms with Gasteiger partial charge in [-0.15, -0.1) is 10.2 Å². The zero-order chi connectivity index (χ0) is 17.5. The van der Waals surface area contributed by atoms with Gasteiger partial charge in [-0.2, -0.15) is 0 Å². The maximum absolute atomic E-state index is 13.1. The van der Waals surface area contributed by atoms with Crippen molar-refractivity contribution in [2.75, 3.05) is 5.75 Å². The van der Waals surface area contributed by atoms with E-state index in [4.69, 9.17) is 0 Å². The number of rotatable bonds is 5. The van der Waals surface area contributed by atoms with Crippen LogP contribution in [0.3, 0.4) is 0 Å². The van der Waals surface area contributed by atoms with E-state index in [-0.39, 0.29) is 5.56 Å². The van der Waals surface area contributed by atoms with Crippen LogP contribution in [0.15, 0.2) is 64.5 Å². The molecule has 1 fully saturated rings. The van der Waals surface area contributed by atoms with E-state index in [1.807, 2.05) is 59.0 Å². The van der Waals surface area contributed by atoms with Crippen molar-refractivity contribution in [3.63, 3.8) is 0 Å². The molecule has 0 unspecified atom stereocenters. The zero-order valence-electron chi connectivity index (χ0n) is 14.2. The first kappa shape index (κ1) is 15.6. The summed E-state index contributed by atoms with van der Waals surface area (Å²) in [5, 5.41) is 10.3. The third kappa shape index (κ3) is 2.70. The Morgan fingerprint density at radius 1 is 1.00 bits per heavy atom. The molecule has 0 aliphatic heterocycles. The Morgan fingerprint density at radius 3 is 2.58 bits per heavy atom. The molecule has 1 saturated carbocycles. The first-order chi connectivity index (χ1) is 12.8. The predicted molar refractivity (Wildman–Crippen MR) is 104 cm³/mol. The summed E-state index contributed by atoms with van der Waals surface area (Å²) in [7, 11) is 0. The fourth-order valence-corrected chi connectivity index (χ4v) is 4.34. The normalized spacial score (nSPS) is 14.3. The molecule has 1 aliphatic carbocycles. The number of aromatic nitrogens is 4. The second kappa shape index (κ2) is 6.29. The van der Waals surface area contributed by atoms with Gasteiger partial charge in [-0.25, -0.2) is 0 Å². The SMILES string of the molecule is O=c1c2ccccc2n2c(SCC3CC3)nnc2n1Cc1ccccc1. The van der Waals surface area contributed by atoms with Gasteiger partial charge in [-0.05, 0) is 36.5 Å². The summed E-state index contributed by atoms with van der Waals surface area (Å²) >= 11 is 1.74. The lowest BCUT2D eigenvalue weighted by Crippen LogP contribution is -2.24. The molecule has 4 aromatic rings. The van der Waals surface area contributed by atoms with E-state index >= 15 is 0 Å². The third-order valence-electron chi connectivity index (χ3n) is 4.81. The summed E-state index contributed by atoms with van der Waals surface area (Å²) in [5.41, 5.74) is 1.92. The number of fused-ring (bicyclic) bond motifs is 3. The van der Waals surface area contributed by atoms with E-state index in [9.17, 15) is 4.79 Å². The van der Waals surface area contributed by atoms with Crippen LogP contribution in [-0.2, 0) is 6.54 Å². The number of hydrogen-bond donors (Lipinski definition) is 0. The Labute approximate surface area is 154 Å². The van der Waals surface area contributed by atoms with Crippen LogP contribution in [0.25, 0.3) is 16.7 Å². The van der Waals surface area contributed by atoms with E-state index in [0.717, 1.165) is 27.9 Å². The molecule has 0 atom stereocenters. The van der Waals surface area contributed by atoms with Crippen molar-refractivity contribution in [3.05, 3.63) is 70.5 Å². The van der Waals surface area contributed by atoms with Gasteiger partial charge in [0.05, 0.1) is 17.4 Å². The number of para-hydroxylation sites is 1. The van der Waals surface area contributed by atoms with Crippen LogP contribution in [0, 0.1) is 5.92 Å². The first-order valence-electron chi connectivity index (χ1n) is 8.84. The fraction of sp³-hybridized carbons (Fsp3) is 0.250. The molecule has 0 bridgehead atoms. The molecule has 1 aliphatic rings. The molecule has 2 heterocycles. The molecule has 0 radical (unpaired) electrons. The van der Waals surface area contributed by atoms with Crippen molar-refractivity contribution in [3.8, 4) is 0 Å². The van der Waals surface area contributed by atoms with E-state index in [2.05, 4.69) is 10.2 Å². The molecule has 26 heavy (non-hydrogen) atoms. The van der Waals surface area contributed by atoms with Crippen molar-refractivity contribution < 1.29 is 0 Å². The summed E-state index contributed by atoms with van der Waals surface area (Å²) in [6.45, 7) is 0.486. The molecule has 0 spiro atoms. The molecular formula is C20H18N4OS. The standard InChI is InChI=1S/C20H18N4OS/c25-18-16-8-4-5-9-17(16)24-19(21-22-20(24)26-13-15-10-11-15)23(18)12-14-6-2-1-3-7-14/h1-9,15H,10-13H2. The third-order valence-corrected chi connectivity index (χ3v) is 5.97. The van der Waals surface area contributed by atoms with Crippen LogP contribution < -0.4 is 5.56 Å². The monoisotopic (exact) mass is 362 g/mol. The molecule has 2 aromatic heterocycles. The average molecular weight is 362 g/mol. The van der Waals surface area contributed by atoms with Gasteiger partial charge in [-0.3, -0.25) is 13.8 Å². The van der Waals surface area contributed by atoms with E-state index in [0.29, 0.717) is 17.7 Å². The largest absolute Gasteiger partial charge is 0.272 e. The van der Waals surface area contributed by atoms with Crippen LogP contribution in [0.2, 0.25) is 0 Å².